The largest absolute Gasteiger partial charge is 0.481 e. The Morgan fingerprint density at radius 2 is 1.29 bits per heavy atom. The summed E-state index contributed by atoms with van der Waals surface area (Å²) in [6.45, 7) is 14.9. The zero-order valence-electron chi connectivity index (χ0n) is 41.1. The van der Waals surface area contributed by atoms with Gasteiger partial charge in [-0.3, -0.25) is 33.8 Å². The summed E-state index contributed by atoms with van der Waals surface area (Å²) in [5, 5.41) is 27.7. The van der Waals surface area contributed by atoms with Crippen LogP contribution in [0.15, 0.2) is 40.3 Å². The van der Waals surface area contributed by atoms with Crippen molar-refractivity contribution in [2.45, 2.75) is 134 Å². The lowest BCUT2D eigenvalue weighted by Crippen LogP contribution is -2.58. The third-order valence-electron chi connectivity index (χ3n) is 10.4. The van der Waals surface area contributed by atoms with Crippen molar-refractivity contribution >= 4 is 70.5 Å². The maximum atomic E-state index is 13.9. The van der Waals surface area contributed by atoms with Crippen LogP contribution >= 0.6 is 0 Å². The van der Waals surface area contributed by atoms with Crippen molar-refractivity contribution in [3.05, 3.63) is 35.9 Å². The van der Waals surface area contributed by atoms with Gasteiger partial charge in [0.15, 0.2) is 14.3 Å². The Morgan fingerprint density at radius 1 is 0.725 bits per heavy atom. The maximum absolute atomic E-state index is 13.9. The number of nitrogens with two attached hydrogens (primary N) is 2. The van der Waals surface area contributed by atoms with E-state index in [1.54, 1.807) is 30.3 Å². The first-order valence-corrected chi connectivity index (χ1v) is 29.2. The lowest BCUT2D eigenvalue weighted by molar-refractivity contribution is -0.141. The number of isocyanates is 1. The molecule has 23 nitrogen and oxygen atoms in total. The zero-order chi connectivity index (χ0) is 51.7. The number of urea groups is 1. The monoisotopic (exact) mass is 1010 g/mol. The molecule has 0 radical (unpaired) electrons. The molecule has 0 aromatic heterocycles. The zero-order valence-corrected chi connectivity index (χ0v) is 43.1. The van der Waals surface area contributed by atoms with Gasteiger partial charge < -0.3 is 67.1 Å². The standard InChI is InChI=1S/C36H60N10O10Si.C8H17NO2Si/c1-4-55-57(3,56-5-2)20-12-19-41-36(54)40-17-10-9-15-26-32(51)44-25(16-11-18-39-35(37)38)31(50)42-23-29(47)43-28(22-30(48)49)34(53)46-27(33(52)45-26)21-24-13-7-6-8-14-24;1-4-11-12(2,3)7-5-6-9-8-10/h6-8,13-14,25-28H,4-5,9-12,15-23H2,1-3H3,(H,42,50)(H,43,47)(H,44,51)(H,45,52)(H,46,53)(H,48,49)(H4,37,38,39)(H2,40,41,54);4-7H2,1-3H3/t25-,26-,27+,28?;/m0./s1. The Morgan fingerprint density at radius 3 is 1.88 bits per heavy atom. The molecule has 1 fully saturated rings. The number of hydrogen-bond acceptors (Lipinski definition) is 13. The molecule has 1 saturated heterocycles. The first kappa shape index (κ1) is 61.3. The minimum atomic E-state index is -2.30. The van der Waals surface area contributed by atoms with Crippen molar-refractivity contribution in [1.82, 2.24) is 37.2 Å². The summed E-state index contributed by atoms with van der Waals surface area (Å²) in [6.07, 6.45) is 3.46. The maximum Gasteiger partial charge on any atom is 0.334 e. The van der Waals surface area contributed by atoms with Crippen LogP contribution in [0.5, 0.6) is 0 Å². The van der Waals surface area contributed by atoms with E-state index < -0.39 is 89.5 Å². The minimum Gasteiger partial charge on any atom is -0.481 e. The van der Waals surface area contributed by atoms with Crippen molar-refractivity contribution in [1.29, 1.82) is 0 Å². The molecule has 1 heterocycles. The highest BCUT2D eigenvalue weighted by atomic mass is 28.4. The normalized spacial score (nSPS) is 18.1. The van der Waals surface area contributed by atoms with Crippen LogP contribution in [0.1, 0.15) is 77.7 Å². The van der Waals surface area contributed by atoms with Gasteiger partial charge in [-0.1, -0.05) is 30.3 Å². The number of nitrogens with one attached hydrogen (secondary N) is 7. The number of benzene rings is 1. The lowest BCUT2D eigenvalue weighted by atomic mass is 10.0. The number of carbonyl (C=O) groups is 7. The van der Waals surface area contributed by atoms with E-state index in [4.69, 9.17) is 24.7 Å². The van der Waals surface area contributed by atoms with Crippen LogP contribution in [0, 0.1) is 0 Å². The van der Waals surface area contributed by atoms with Crippen LogP contribution in [-0.2, 0) is 53.3 Å². The van der Waals surface area contributed by atoms with Crippen LogP contribution in [0.3, 0.4) is 0 Å². The van der Waals surface area contributed by atoms with Gasteiger partial charge in [-0.25, -0.2) is 14.6 Å². The number of aliphatic imine (C=N–C) groups is 2. The second kappa shape index (κ2) is 34.5. The highest BCUT2D eigenvalue weighted by Gasteiger charge is 2.33. The Labute approximate surface area is 407 Å². The van der Waals surface area contributed by atoms with Gasteiger partial charge >= 0.3 is 20.6 Å². The molecule has 12 N–H and O–H groups in total. The number of carboxylic acid groups (broad SMARTS) is 1. The number of rotatable bonds is 27. The Balaban J connectivity index is 0.00000173. The second-order valence-electron chi connectivity index (χ2n) is 16.8. The fraction of sp³-hybridized carbons (Fsp3) is 0.659. The molecule has 1 aromatic carbocycles. The van der Waals surface area contributed by atoms with Crippen molar-refractivity contribution in [2.75, 3.05) is 52.5 Å². The summed E-state index contributed by atoms with van der Waals surface area (Å²) in [7, 11) is -3.74. The molecule has 1 aliphatic rings. The summed E-state index contributed by atoms with van der Waals surface area (Å²) < 4.78 is 17.3. The summed E-state index contributed by atoms with van der Waals surface area (Å²) >= 11 is 0. The van der Waals surface area contributed by atoms with Gasteiger partial charge in [0, 0.05) is 45.9 Å². The van der Waals surface area contributed by atoms with Gasteiger partial charge in [-0.2, -0.15) is 0 Å². The molecule has 1 aromatic rings. The van der Waals surface area contributed by atoms with E-state index in [-0.39, 0.29) is 50.8 Å². The van der Waals surface area contributed by atoms with Crippen LogP contribution < -0.4 is 48.7 Å². The SMILES string of the molecule is CCO[Si](C)(C)CCCN=C=O.CCO[Si](C)(CCCNC(=O)NCCCC[C@@H]1NC(=O)[C@@H](Cc2ccccc2)NC(=O)C(CC(=O)O)NC(=O)CNC(=O)[C@H](CCCN=C(N)N)NC1=O)OCC. The number of unbranched alkanes of at least 4 members (excludes halogenated alkanes) is 1. The fourth-order valence-corrected chi connectivity index (χ4v) is 11.4. The van der Waals surface area contributed by atoms with E-state index in [0.29, 0.717) is 51.1 Å². The number of guanidine groups is 1. The molecule has 0 bridgehead atoms. The van der Waals surface area contributed by atoms with E-state index >= 15 is 0 Å². The first-order valence-electron chi connectivity index (χ1n) is 23.5. The Hall–Kier alpha value is -5.73. The molecule has 69 heavy (non-hydrogen) atoms. The summed E-state index contributed by atoms with van der Waals surface area (Å²) in [5.74, 6) is -5.60. The van der Waals surface area contributed by atoms with Gasteiger partial charge in [-0.05, 0) is 103 Å². The molecular weight excluding hydrogens is 931 g/mol. The number of aliphatic carboxylic acids is 1. The number of nitrogens with zero attached hydrogens (tertiary/aromatic N) is 2. The van der Waals surface area contributed by atoms with E-state index in [2.05, 4.69) is 60.3 Å². The molecule has 4 atom stereocenters. The minimum absolute atomic E-state index is 0.0360. The number of amides is 7. The van der Waals surface area contributed by atoms with Crippen LogP contribution in [0.4, 0.5) is 4.79 Å². The first-order chi connectivity index (χ1) is 32.8. The Bertz CT molecular complexity index is 1830. The average Bonchev–Trinajstić information content (AvgIpc) is 3.28. The van der Waals surface area contributed by atoms with Crippen LogP contribution in [-0.4, -0.2) is 152 Å². The van der Waals surface area contributed by atoms with Gasteiger partial charge in [0.1, 0.15) is 24.2 Å². The lowest BCUT2D eigenvalue weighted by Gasteiger charge is -2.26. The summed E-state index contributed by atoms with van der Waals surface area (Å²) in [4.78, 5) is 108. The topological polar surface area (TPSA) is 345 Å². The number of carbonyl (C=O) groups excluding carboxylic acids is 7. The Kier molecular flexibility index (Phi) is 30.7. The molecule has 0 aliphatic carbocycles. The van der Waals surface area contributed by atoms with Crippen molar-refractivity contribution < 1.29 is 56.7 Å². The number of carboxylic acids is 1. The molecule has 388 valence electrons. The molecule has 1 aliphatic heterocycles. The average molecular weight is 1010 g/mol. The molecule has 2 rings (SSSR count). The van der Waals surface area contributed by atoms with Crippen molar-refractivity contribution in [2.24, 2.45) is 21.5 Å². The quantitative estimate of drug-likeness (QED) is 0.0192. The van der Waals surface area contributed by atoms with Crippen molar-refractivity contribution in [3.8, 4) is 0 Å². The predicted molar refractivity (Wildman–Crippen MR) is 264 cm³/mol. The third-order valence-corrected chi connectivity index (χ3v) is 16.1. The molecule has 1 unspecified atom stereocenters. The van der Waals surface area contributed by atoms with E-state index in [1.807, 2.05) is 27.3 Å². The van der Waals surface area contributed by atoms with Gasteiger partial charge in [0.2, 0.25) is 35.6 Å². The molecule has 0 spiro atoms. The third kappa shape index (κ3) is 28.4. The molecular formula is C44H77N11O12Si2. The summed E-state index contributed by atoms with van der Waals surface area (Å²) in [6, 6.07) is 4.82. The van der Waals surface area contributed by atoms with Gasteiger partial charge in [-0.15, -0.1) is 0 Å². The number of hydrogen-bond donors (Lipinski definition) is 10. The highest BCUT2D eigenvalue weighted by Crippen LogP contribution is 2.16. The van der Waals surface area contributed by atoms with E-state index in [1.165, 1.54) is 6.08 Å². The second-order valence-corrected chi connectivity index (χ2v) is 24.5. The van der Waals surface area contributed by atoms with Gasteiger partial charge in [0.25, 0.3) is 0 Å². The fourth-order valence-electron chi connectivity index (χ4n) is 7.08. The highest BCUT2D eigenvalue weighted by molar-refractivity contribution is 6.71. The summed E-state index contributed by atoms with van der Waals surface area (Å²) in [5.41, 5.74) is 11.5. The van der Waals surface area contributed by atoms with E-state index in [0.717, 1.165) is 25.1 Å². The van der Waals surface area contributed by atoms with Crippen molar-refractivity contribution in [3.63, 3.8) is 0 Å². The molecule has 7 amide bonds. The van der Waals surface area contributed by atoms with Crippen LogP contribution in [0.2, 0.25) is 31.7 Å². The van der Waals surface area contributed by atoms with Crippen LogP contribution in [0.25, 0.3) is 0 Å². The van der Waals surface area contributed by atoms with Gasteiger partial charge in [0.05, 0.1) is 19.5 Å². The van der Waals surface area contributed by atoms with E-state index in [9.17, 15) is 43.5 Å². The molecule has 25 heteroatoms. The smallest absolute Gasteiger partial charge is 0.334 e. The predicted octanol–water partition coefficient (Wildman–Crippen LogP) is 0.785. The molecule has 0 saturated carbocycles.